The summed E-state index contributed by atoms with van der Waals surface area (Å²) in [6.07, 6.45) is 3.40. The van der Waals surface area contributed by atoms with Crippen LogP contribution in [0, 0.1) is 5.92 Å². The lowest BCUT2D eigenvalue weighted by atomic mass is 10.0. The van der Waals surface area contributed by atoms with E-state index in [-0.39, 0.29) is 0 Å². The van der Waals surface area contributed by atoms with E-state index in [1.807, 2.05) is 0 Å². The molecule has 1 unspecified atom stereocenters. The first-order valence-electron chi connectivity index (χ1n) is 6.87. The molecule has 0 aliphatic carbocycles. The number of nitrogens with two attached hydrogens (primary N) is 1. The van der Waals surface area contributed by atoms with E-state index in [4.69, 9.17) is 10.5 Å². The Balaban J connectivity index is 1.99. The Kier molecular flexibility index (Phi) is 4.48. The van der Waals surface area contributed by atoms with Crippen LogP contribution < -0.4 is 15.4 Å². The summed E-state index contributed by atoms with van der Waals surface area (Å²) in [6, 6.07) is 6.52. The summed E-state index contributed by atoms with van der Waals surface area (Å²) in [6.45, 7) is 4.88. The zero-order valence-electron chi connectivity index (χ0n) is 11.5. The van der Waals surface area contributed by atoms with E-state index in [1.165, 1.54) is 11.3 Å². The summed E-state index contributed by atoms with van der Waals surface area (Å²) in [5, 5.41) is 0. The molecular formula is C15H24N2O. The molecule has 0 saturated heterocycles. The Morgan fingerprint density at radius 3 is 3.06 bits per heavy atom. The minimum atomic E-state index is 0.591. The van der Waals surface area contributed by atoms with Crippen LogP contribution >= 0.6 is 0 Å². The highest BCUT2D eigenvalue weighted by Crippen LogP contribution is 2.28. The van der Waals surface area contributed by atoms with E-state index in [0.29, 0.717) is 5.92 Å². The average Bonchev–Trinajstić information content (AvgIpc) is 2.43. The van der Waals surface area contributed by atoms with Crippen molar-refractivity contribution >= 4 is 5.69 Å². The highest BCUT2D eigenvalue weighted by molar-refractivity contribution is 5.53. The number of hydrogen-bond donors (Lipinski definition) is 1. The summed E-state index contributed by atoms with van der Waals surface area (Å²) in [5.74, 6) is 1.65. The molecule has 3 heteroatoms. The van der Waals surface area contributed by atoms with Crippen LogP contribution in [0.1, 0.15) is 25.3 Å². The molecule has 0 radical (unpaired) electrons. The van der Waals surface area contributed by atoms with Crippen molar-refractivity contribution in [2.45, 2.75) is 26.2 Å². The number of anilines is 1. The zero-order valence-corrected chi connectivity index (χ0v) is 11.5. The second-order valence-corrected chi connectivity index (χ2v) is 5.30. The van der Waals surface area contributed by atoms with Crippen LogP contribution in [0.2, 0.25) is 0 Å². The van der Waals surface area contributed by atoms with Gasteiger partial charge in [-0.2, -0.15) is 0 Å². The molecule has 0 saturated carbocycles. The molecule has 2 N–H and O–H groups in total. The van der Waals surface area contributed by atoms with Crippen LogP contribution in [-0.2, 0) is 6.42 Å². The molecule has 0 aromatic heterocycles. The number of hydrogen-bond acceptors (Lipinski definition) is 3. The fourth-order valence-electron chi connectivity index (χ4n) is 2.25. The summed E-state index contributed by atoms with van der Waals surface area (Å²) in [7, 11) is 2.15. The Labute approximate surface area is 110 Å². The summed E-state index contributed by atoms with van der Waals surface area (Å²) in [5.41, 5.74) is 8.28. The van der Waals surface area contributed by atoms with Gasteiger partial charge < -0.3 is 15.4 Å². The van der Waals surface area contributed by atoms with Gasteiger partial charge in [0.2, 0.25) is 0 Å². The minimum Gasteiger partial charge on any atom is -0.493 e. The van der Waals surface area contributed by atoms with Gasteiger partial charge in [0.1, 0.15) is 5.75 Å². The van der Waals surface area contributed by atoms with Crippen molar-refractivity contribution in [3.8, 4) is 5.75 Å². The smallest absolute Gasteiger partial charge is 0.122 e. The number of benzene rings is 1. The number of nitrogens with zero attached hydrogens (tertiary/aromatic N) is 1. The quantitative estimate of drug-likeness (QED) is 0.869. The number of fused-ring (bicyclic) bond motifs is 1. The van der Waals surface area contributed by atoms with Gasteiger partial charge in [0.05, 0.1) is 6.61 Å². The van der Waals surface area contributed by atoms with Crippen molar-refractivity contribution in [1.82, 2.24) is 0 Å². The maximum absolute atomic E-state index is 5.65. The topological polar surface area (TPSA) is 38.5 Å². The maximum Gasteiger partial charge on any atom is 0.122 e. The normalized spacial score (nSPS) is 15.7. The molecule has 1 aliphatic heterocycles. The first-order chi connectivity index (χ1) is 8.70. The van der Waals surface area contributed by atoms with Crippen molar-refractivity contribution in [3.05, 3.63) is 23.8 Å². The van der Waals surface area contributed by atoms with Gasteiger partial charge in [-0.05, 0) is 55.5 Å². The molecule has 0 spiro atoms. The Morgan fingerprint density at radius 2 is 2.28 bits per heavy atom. The summed E-state index contributed by atoms with van der Waals surface area (Å²) >= 11 is 0. The van der Waals surface area contributed by atoms with Gasteiger partial charge >= 0.3 is 0 Å². The molecule has 2 rings (SSSR count). The lowest BCUT2D eigenvalue weighted by Crippen LogP contribution is -2.23. The van der Waals surface area contributed by atoms with Gasteiger partial charge in [0.25, 0.3) is 0 Å². The zero-order chi connectivity index (χ0) is 13.0. The van der Waals surface area contributed by atoms with E-state index in [0.717, 1.165) is 44.7 Å². The molecule has 1 aromatic carbocycles. The Morgan fingerprint density at radius 1 is 1.44 bits per heavy atom. The molecule has 0 bridgehead atoms. The summed E-state index contributed by atoms with van der Waals surface area (Å²) in [4.78, 5) is 2.31. The predicted octanol–water partition coefficient (Wildman–Crippen LogP) is 2.43. The first-order valence-corrected chi connectivity index (χ1v) is 6.87. The monoisotopic (exact) mass is 248 g/mol. The molecular weight excluding hydrogens is 224 g/mol. The second-order valence-electron chi connectivity index (χ2n) is 5.30. The Bertz CT molecular complexity index is 392. The Hall–Kier alpha value is -1.22. The highest BCUT2D eigenvalue weighted by Gasteiger charge is 2.12. The van der Waals surface area contributed by atoms with E-state index >= 15 is 0 Å². The van der Waals surface area contributed by atoms with Crippen molar-refractivity contribution in [1.29, 1.82) is 0 Å². The van der Waals surface area contributed by atoms with Crippen LogP contribution in [0.15, 0.2) is 18.2 Å². The van der Waals surface area contributed by atoms with Crippen molar-refractivity contribution < 1.29 is 4.74 Å². The lowest BCUT2D eigenvalue weighted by Gasteiger charge is -2.24. The van der Waals surface area contributed by atoms with Gasteiger partial charge in [0, 0.05) is 19.3 Å². The van der Waals surface area contributed by atoms with Crippen molar-refractivity contribution in [2.75, 3.05) is 31.6 Å². The molecule has 0 fully saturated rings. The van der Waals surface area contributed by atoms with E-state index in [2.05, 4.69) is 37.1 Å². The van der Waals surface area contributed by atoms with Gasteiger partial charge in [-0.3, -0.25) is 0 Å². The molecule has 1 aliphatic rings. The van der Waals surface area contributed by atoms with Crippen LogP contribution in [-0.4, -0.2) is 26.7 Å². The molecule has 18 heavy (non-hydrogen) atoms. The van der Waals surface area contributed by atoms with Gasteiger partial charge in [0.15, 0.2) is 0 Å². The SMILES string of the molecule is CC(CN)CCN(C)c1ccc2c(c1)CCCO2. The highest BCUT2D eigenvalue weighted by atomic mass is 16.5. The molecule has 3 nitrogen and oxygen atoms in total. The number of aryl methyl sites for hydroxylation is 1. The third-order valence-corrected chi connectivity index (χ3v) is 3.69. The first kappa shape index (κ1) is 13.2. The molecule has 1 aromatic rings. The predicted molar refractivity (Wildman–Crippen MR) is 76.4 cm³/mol. The average molecular weight is 248 g/mol. The van der Waals surface area contributed by atoms with Crippen LogP contribution in [0.3, 0.4) is 0 Å². The van der Waals surface area contributed by atoms with Gasteiger partial charge in [-0.1, -0.05) is 6.92 Å². The fraction of sp³-hybridized carbons (Fsp3) is 0.600. The second kappa shape index (κ2) is 6.10. The van der Waals surface area contributed by atoms with Crippen LogP contribution in [0.5, 0.6) is 5.75 Å². The van der Waals surface area contributed by atoms with E-state index in [9.17, 15) is 0 Å². The molecule has 1 atom stereocenters. The number of rotatable bonds is 5. The standard InChI is InChI=1S/C15H24N2O/c1-12(11-16)7-8-17(2)14-5-6-15-13(10-14)4-3-9-18-15/h5-6,10,12H,3-4,7-9,11,16H2,1-2H3. The van der Waals surface area contributed by atoms with E-state index in [1.54, 1.807) is 0 Å². The van der Waals surface area contributed by atoms with E-state index < -0.39 is 0 Å². The lowest BCUT2D eigenvalue weighted by molar-refractivity contribution is 0.288. The van der Waals surface area contributed by atoms with Crippen molar-refractivity contribution in [3.63, 3.8) is 0 Å². The largest absolute Gasteiger partial charge is 0.493 e. The van der Waals surface area contributed by atoms with Crippen molar-refractivity contribution in [2.24, 2.45) is 11.7 Å². The molecule has 0 amide bonds. The van der Waals surface area contributed by atoms with Gasteiger partial charge in [-0.25, -0.2) is 0 Å². The van der Waals surface area contributed by atoms with Gasteiger partial charge in [-0.15, -0.1) is 0 Å². The van der Waals surface area contributed by atoms with Crippen LogP contribution in [0.4, 0.5) is 5.69 Å². The maximum atomic E-state index is 5.65. The number of ether oxygens (including phenoxy) is 1. The third-order valence-electron chi connectivity index (χ3n) is 3.69. The molecule has 100 valence electrons. The van der Waals surface area contributed by atoms with Crippen LogP contribution in [0.25, 0.3) is 0 Å². The fourth-order valence-corrected chi connectivity index (χ4v) is 2.25. The third kappa shape index (κ3) is 3.16. The summed E-state index contributed by atoms with van der Waals surface area (Å²) < 4.78 is 5.64. The minimum absolute atomic E-state index is 0.591. The molecule has 1 heterocycles.